The van der Waals surface area contributed by atoms with Crippen LogP contribution in [0.5, 0.6) is 0 Å². The molecule has 0 radical (unpaired) electrons. The van der Waals surface area contributed by atoms with E-state index in [-0.39, 0.29) is 12.1 Å². The van der Waals surface area contributed by atoms with Crippen molar-refractivity contribution in [1.82, 2.24) is 0 Å². The third-order valence-corrected chi connectivity index (χ3v) is 19.8. The standard InChI is InChI=1S/C94H69BN2/c1-94(2,3)80-62-89-91-90(63-80)97(93-83(74-40-24-10-25-41-74)58-79(59-84(93)75-42-26-11-27-43-75)71-50-46-69(47-51-71)65-30-14-5-15-31-65)88-55-53-77(67-34-18-7-19-35-67)61-86(88)95(91)85-60-76(66-32-16-6-17-33-66)52-54-87(85)96(89)92-81(72-36-20-8-21-37-72)56-78(57-82(92)73-38-22-9-23-39-73)70-48-44-68(45-49-70)64-28-12-4-13-29-64/h4-63H,1-3H3. The zero-order chi connectivity index (χ0) is 65.0. The van der Waals surface area contributed by atoms with Crippen LogP contribution >= 0.6 is 0 Å². The van der Waals surface area contributed by atoms with E-state index >= 15 is 0 Å². The summed E-state index contributed by atoms with van der Waals surface area (Å²) in [6.07, 6.45) is 0. The van der Waals surface area contributed by atoms with Crippen LogP contribution in [0, 0.1) is 0 Å². The maximum atomic E-state index is 2.68. The van der Waals surface area contributed by atoms with Crippen molar-refractivity contribution in [2.75, 3.05) is 9.80 Å². The first-order valence-electron chi connectivity index (χ1n) is 33.8. The molecule has 15 aromatic rings. The number of benzene rings is 15. The molecule has 0 aromatic heterocycles. The Kier molecular flexibility index (Phi) is 15.0. The van der Waals surface area contributed by atoms with Crippen LogP contribution in [0.15, 0.2) is 364 Å². The zero-order valence-corrected chi connectivity index (χ0v) is 54.6. The summed E-state index contributed by atoms with van der Waals surface area (Å²) in [6.45, 7) is 6.93. The van der Waals surface area contributed by atoms with E-state index in [1.165, 1.54) is 66.5 Å². The molecule has 0 saturated carbocycles. The predicted octanol–water partition coefficient (Wildman–Crippen LogP) is 23.7. The molecule has 0 aliphatic carbocycles. The van der Waals surface area contributed by atoms with Crippen LogP contribution < -0.4 is 26.2 Å². The van der Waals surface area contributed by atoms with Crippen LogP contribution in [0.4, 0.5) is 34.1 Å². The van der Waals surface area contributed by atoms with E-state index in [1.807, 2.05) is 0 Å². The Labute approximate surface area is 570 Å². The summed E-state index contributed by atoms with van der Waals surface area (Å²) in [7, 11) is 0. The smallest absolute Gasteiger partial charge is 0.252 e. The molecule has 2 heterocycles. The monoisotopic (exact) mass is 1240 g/mol. The zero-order valence-electron chi connectivity index (χ0n) is 54.6. The van der Waals surface area contributed by atoms with Gasteiger partial charge in [0, 0.05) is 45.0 Å². The number of fused-ring (bicyclic) bond motifs is 4. The first-order valence-corrected chi connectivity index (χ1v) is 33.8. The van der Waals surface area contributed by atoms with Gasteiger partial charge in [-0.25, -0.2) is 0 Å². The van der Waals surface area contributed by atoms with Gasteiger partial charge in [0.25, 0.3) is 6.71 Å². The van der Waals surface area contributed by atoms with Gasteiger partial charge >= 0.3 is 0 Å². The van der Waals surface area contributed by atoms with Crippen molar-refractivity contribution < 1.29 is 0 Å². The fourth-order valence-corrected chi connectivity index (χ4v) is 14.9. The van der Waals surface area contributed by atoms with E-state index in [2.05, 4.69) is 395 Å². The maximum absolute atomic E-state index is 2.68. The minimum atomic E-state index is -0.298. The van der Waals surface area contributed by atoms with E-state index in [0.717, 1.165) is 101 Å². The van der Waals surface area contributed by atoms with Crippen LogP contribution in [0.25, 0.3) is 111 Å². The van der Waals surface area contributed by atoms with E-state index in [1.54, 1.807) is 0 Å². The van der Waals surface area contributed by atoms with Gasteiger partial charge in [0.05, 0.1) is 11.4 Å². The van der Waals surface area contributed by atoms with E-state index in [4.69, 9.17) is 0 Å². The second-order valence-corrected chi connectivity index (χ2v) is 26.8. The summed E-state index contributed by atoms with van der Waals surface area (Å²) in [4.78, 5) is 5.37. The third kappa shape index (κ3) is 10.9. The highest BCUT2D eigenvalue weighted by Crippen LogP contribution is 2.55. The van der Waals surface area contributed by atoms with Gasteiger partial charge in [0.15, 0.2) is 0 Å². The second-order valence-electron chi connectivity index (χ2n) is 26.8. The molecule has 15 aromatic carbocycles. The summed E-state index contributed by atoms with van der Waals surface area (Å²) in [5, 5.41) is 0. The van der Waals surface area contributed by atoms with Gasteiger partial charge in [-0.05, 0) is 165 Å². The molecule has 0 saturated heterocycles. The summed E-state index contributed by atoms with van der Waals surface area (Å²) in [6, 6.07) is 136. The van der Waals surface area contributed by atoms with Crippen molar-refractivity contribution in [3.8, 4) is 111 Å². The Morgan fingerprint density at radius 3 is 0.701 bits per heavy atom. The molecule has 0 atom stereocenters. The van der Waals surface area contributed by atoms with Gasteiger partial charge in [-0.2, -0.15) is 0 Å². The van der Waals surface area contributed by atoms with Crippen molar-refractivity contribution in [3.63, 3.8) is 0 Å². The Balaban J connectivity index is 1.00. The molecule has 0 unspecified atom stereocenters. The highest BCUT2D eigenvalue weighted by molar-refractivity contribution is 7.00. The average molecular weight is 1240 g/mol. The molecule has 458 valence electrons. The van der Waals surface area contributed by atoms with Crippen molar-refractivity contribution >= 4 is 57.2 Å². The molecular formula is C94H69BN2. The minimum Gasteiger partial charge on any atom is -0.310 e. The van der Waals surface area contributed by atoms with Gasteiger partial charge < -0.3 is 9.80 Å². The molecule has 0 N–H and O–H groups in total. The van der Waals surface area contributed by atoms with Crippen LogP contribution in [0.1, 0.15) is 26.3 Å². The molecule has 2 nitrogen and oxygen atoms in total. The Morgan fingerprint density at radius 2 is 0.433 bits per heavy atom. The lowest BCUT2D eigenvalue weighted by atomic mass is 9.33. The van der Waals surface area contributed by atoms with Crippen LogP contribution in [-0.2, 0) is 5.41 Å². The lowest BCUT2D eigenvalue weighted by molar-refractivity contribution is 0.590. The predicted molar refractivity (Wildman–Crippen MR) is 414 cm³/mol. The fraction of sp³-hybridized carbons (Fsp3) is 0.0426. The number of hydrogen-bond acceptors (Lipinski definition) is 2. The second kappa shape index (κ2) is 24.7. The van der Waals surface area contributed by atoms with Crippen LogP contribution in [0.3, 0.4) is 0 Å². The van der Waals surface area contributed by atoms with Crippen molar-refractivity contribution in [1.29, 1.82) is 0 Å². The maximum Gasteiger partial charge on any atom is 0.252 e. The van der Waals surface area contributed by atoms with E-state index in [9.17, 15) is 0 Å². The number of anilines is 6. The van der Waals surface area contributed by atoms with Crippen LogP contribution in [0.2, 0.25) is 0 Å². The van der Waals surface area contributed by atoms with Crippen molar-refractivity contribution in [2.24, 2.45) is 0 Å². The normalized spacial score (nSPS) is 12.2. The topological polar surface area (TPSA) is 6.48 Å². The van der Waals surface area contributed by atoms with Gasteiger partial charge in [-0.3, -0.25) is 0 Å². The molecule has 2 aliphatic rings. The summed E-state index contributed by atoms with van der Waals surface area (Å²) in [5.41, 5.74) is 34.7. The summed E-state index contributed by atoms with van der Waals surface area (Å²) >= 11 is 0. The molecule has 2 aliphatic heterocycles. The molecule has 0 bridgehead atoms. The number of nitrogens with zero attached hydrogens (tertiary/aromatic N) is 2. The third-order valence-electron chi connectivity index (χ3n) is 19.8. The number of rotatable bonds is 12. The lowest BCUT2D eigenvalue weighted by Gasteiger charge is -2.46. The van der Waals surface area contributed by atoms with Crippen molar-refractivity contribution in [2.45, 2.75) is 26.2 Å². The average Bonchev–Trinajstić information content (AvgIpc) is 0.688. The molecule has 0 amide bonds. The minimum absolute atomic E-state index is 0.214. The quantitative estimate of drug-likeness (QED) is 0.113. The highest BCUT2D eigenvalue weighted by Gasteiger charge is 2.46. The Hall–Kier alpha value is -12.0. The molecule has 3 heteroatoms. The fourth-order valence-electron chi connectivity index (χ4n) is 14.9. The van der Waals surface area contributed by atoms with Gasteiger partial charge in [0.2, 0.25) is 0 Å². The largest absolute Gasteiger partial charge is 0.310 e. The van der Waals surface area contributed by atoms with Gasteiger partial charge in [0.1, 0.15) is 0 Å². The molecule has 0 spiro atoms. The summed E-state index contributed by atoms with van der Waals surface area (Å²) < 4.78 is 0. The van der Waals surface area contributed by atoms with Crippen LogP contribution in [-0.4, -0.2) is 6.71 Å². The Bertz CT molecular complexity index is 4910. The van der Waals surface area contributed by atoms with E-state index < -0.39 is 0 Å². The van der Waals surface area contributed by atoms with Gasteiger partial charge in [-0.15, -0.1) is 0 Å². The van der Waals surface area contributed by atoms with Crippen molar-refractivity contribution in [3.05, 3.63) is 370 Å². The first kappa shape index (κ1) is 58.8. The lowest BCUT2D eigenvalue weighted by Crippen LogP contribution is -2.61. The molecule has 17 rings (SSSR count). The highest BCUT2D eigenvalue weighted by atomic mass is 15.2. The van der Waals surface area contributed by atoms with E-state index in [0.29, 0.717) is 0 Å². The molecule has 0 fully saturated rings. The molecular weight excluding hydrogens is 1170 g/mol. The first-order chi connectivity index (χ1) is 47.8. The summed E-state index contributed by atoms with van der Waals surface area (Å²) in [5.74, 6) is 0. The van der Waals surface area contributed by atoms with Gasteiger partial charge in [-0.1, -0.05) is 336 Å². The number of hydrogen-bond donors (Lipinski definition) is 0. The SMILES string of the molecule is CC(C)(C)c1cc2c3c(c1)N(c1c(-c4ccccc4)cc(-c4ccc(-c5ccccc5)cc4)cc1-c1ccccc1)c1ccc(-c4ccccc4)cc1B3c1cc(-c3ccccc3)ccc1N2c1c(-c2ccccc2)cc(-c2ccc(-c3ccccc3)cc2)cc1-c1ccccc1. The molecule has 97 heavy (non-hydrogen) atoms. The Morgan fingerprint density at radius 1 is 0.206 bits per heavy atom.